The van der Waals surface area contributed by atoms with Crippen molar-refractivity contribution in [2.24, 2.45) is 0 Å². The second kappa shape index (κ2) is 5.42. The molecule has 17 heavy (non-hydrogen) atoms. The Labute approximate surface area is 99.0 Å². The first-order chi connectivity index (χ1) is 7.90. The molecule has 1 aromatic heterocycles. The zero-order chi connectivity index (χ0) is 13.0. The van der Waals surface area contributed by atoms with Gasteiger partial charge in [-0.05, 0) is 13.8 Å². The maximum Gasteiger partial charge on any atom is 0.238 e. The molecule has 2 amide bonds. The molecule has 2 atom stereocenters. The van der Waals surface area contributed by atoms with Crippen molar-refractivity contribution in [3.8, 4) is 0 Å². The Kier molecular flexibility index (Phi) is 4.19. The molecule has 0 saturated heterocycles. The molecule has 1 rings (SSSR count). The molecule has 1 heterocycles. The first-order valence-electron chi connectivity index (χ1n) is 5.27. The fraction of sp³-hybridized carbons (Fsp3) is 0.600. The van der Waals surface area contributed by atoms with Crippen molar-refractivity contribution in [1.29, 1.82) is 0 Å². The van der Waals surface area contributed by atoms with E-state index in [4.69, 9.17) is 4.42 Å². The average Bonchev–Trinajstić information content (AvgIpc) is 2.63. The van der Waals surface area contributed by atoms with Crippen LogP contribution in [0.3, 0.4) is 0 Å². The number of nitrogens with one attached hydrogen (secondary N) is 2. The highest BCUT2D eigenvalue weighted by Gasteiger charge is 2.18. The summed E-state index contributed by atoms with van der Waals surface area (Å²) in [6.07, 6.45) is 0. The van der Waals surface area contributed by atoms with E-state index in [0.717, 1.165) is 0 Å². The fourth-order valence-corrected chi connectivity index (χ4v) is 1.33. The normalized spacial score (nSPS) is 13.9. The Balaban J connectivity index is 2.70. The van der Waals surface area contributed by atoms with E-state index in [1.165, 1.54) is 13.8 Å². The lowest BCUT2D eigenvalue weighted by atomic mass is 10.3. The molecule has 0 aromatic carbocycles. The number of aromatic nitrogens is 2. The van der Waals surface area contributed by atoms with Crippen LogP contribution >= 0.6 is 0 Å². The molecule has 0 saturated carbocycles. The number of carbonyl (C=O) groups is 2. The van der Waals surface area contributed by atoms with E-state index in [0.29, 0.717) is 11.8 Å². The summed E-state index contributed by atoms with van der Waals surface area (Å²) >= 11 is 0. The molecular formula is C10H16N4O3. The van der Waals surface area contributed by atoms with Gasteiger partial charge in [0.1, 0.15) is 12.1 Å². The van der Waals surface area contributed by atoms with Crippen molar-refractivity contribution in [3.05, 3.63) is 11.8 Å². The van der Waals surface area contributed by atoms with Crippen LogP contribution in [0, 0.1) is 0 Å². The summed E-state index contributed by atoms with van der Waals surface area (Å²) in [5, 5.41) is 12.9. The summed E-state index contributed by atoms with van der Waals surface area (Å²) in [6.45, 7) is 6.30. The minimum Gasteiger partial charge on any atom is -0.421 e. The number of hydrogen-bond acceptors (Lipinski definition) is 5. The van der Waals surface area contributed by atoms with Crippen LogP contribution in [0.25, 0.3) is 0 Å². The maximum absolute atomic E-state index is 10.9. The molecular weight excluding hydrogens is 224 g/mol. The molecule has 7 heteroatoms. The van der Waals surface area contributed by atoms with E-state index in [-0.39, 0.29) is 23.9 Å². The molecule has 0 aliphatic heterocycles. The van der Waals surface area contributed by atoms with Crippen molar-refractivity contribution < 1.29 is 14.0 Å². The maximum atomic E-state index is 10.9. The third-order valence-electron chi connectivity index (χ3n) is 2.04. The smallest absolute Gasteiger partial charge is 0.238 e. The molecule has 2 unspecified atom stereocenters. The van der Waals surface area contributed by atoms with Crippen LogP contribution in [0.15, 0.2) is 4.42 Å². The van der Waals surface area contributed by atoms with E-state index < -0.39 is 0 Å². The van der Waals surface area contributed by atoms with Gasteiger partial charge in [-0.3, -0.25) is 9.59 Å². The van der Waals surface area contributed by atoms with Gasteiger partial charge in [-0.25, -0.2) is 0 Å². The first-order valence-corrected chi connectivity index (χ1v) is 5.27. The molecule has 2 N–H and O–H groups in total. The zero-order valence-corrected chi connectivity index (χ0v) is 10.3. The molecule has 0 fully saturated rings. The molecule has 0 aliphatic rings. The molecule has 7 nitrogen and oxygen atoms in total. The largest absolute Gasteiger partial charge is 0.421 e. The van der Waals surface area contributed by atoms with E-state index >= 15 is 0 Å². The lowest BCUT2D eigenvalue weighted by molar-refractivity contribution is -0.120. The number of hydrogen-bond donors (Lipinski definition) is 2. The zero-order valence-electron chi connectivity index (χ0n) is 10.3. The Morgan fingerprint density at radius 1 is 1.00 bits per heavy atom. The predicted octanol–water partition coefficient (Wildman–Crippen LogP) is 0.464. The van der Waals surface area contributed by atoms with Gasteiger partial charge in [0.05, 0.1) is 0 Å². The van der Waals surface area contributed by atoms with E-state index in [1.54, 1.807) is 13.8 Å². The Morgan fingerprint density at radius 3 is 1.65 bits per heavy atom. The van der Waals surface area contributed by atoms with Gasteiger partial charge in [0.2, 0.25) is 23.6 Å². The second-order valence-electron chi connectivity index (χ2n) is 3.82. The SMILES string of the molecule is CC(=O)NC(C)c1nnc(C(C)NC(C)=O)o1. The monoisotopic (exact) mass is 240 g/mol. The van der Waals surface area contributed by atoms with E-state index in [2.05, 4.69) is 20.8 Å². The van der Waals surface area contributed by atoms with Gasteiger partial charge in [-0.15, -0.1) is 10.2 Å². The highest BCUT2D eigenvalue weighted by Crippen LogP contribution is 2.15. The van der Waals surface area contributed by atoms with Gasteiger partial charge in [0.25, 0.3) is 0 Å². The minimum atomic E-state index is -0.349. The topological polar surface area (TPSA) is 97.1 Å². The van der Waals surface area contributed by atoms with Crippen molar-refractivity contribution in [2.45, 2.75) is 39.8 Å². The predicted molar refractivity (Wildman–Crippen MR) is 58.8 cm³/mol. The minimum absolute atomic E-state index is 0.174. The van der Waals surface area contributed by atoms with Crippen LogP contribution in [-0.2, 0) is 9.59 Å². The lowest BCUT2D eigenvalue weighted by Gasteiger charge is -2.08. The number of nitrogens with zero attached hydrogens (tertiary/aromatic N) is 2. The van der Waals surface area contributed by atoms with Gasteiger partial charge < -0.3 is 15.1 Å². The van der Waals surface area contributed by atoms with Crippen LogP contribution in [0.5, 0.6) is 0 Å². The standard InChI is InChI=1S/C10H16N4O3/c1-5(11-7(3)15)9-13-14-10(17-9)6(2)12-8(4)16/h5-6H,1-4H3,(H,11,15)(H,12,16). The van der Waals surface area contributed by atoms with Crippen LogP contribution < -0.4 is 10.6 Å². The molecule has 1 aromatic rings. The summed E-state index contributed by atoms with van der Waals surface area (Å²) in [6, 6.07) is -0.698. The molecule has 0 spiro atoms. The van der Waals surface area contributed by atoms with Crippen molar-refractivity contribution >= 4 is 11.8 Å². The molecule has 94 valence electrons. The summed E-state index contributed by atoms with van der Waals surface area (Å²) in [5.41, 5.74) is 0. The Hall–Kier alpha value is -1.92. The summed E-state index contributed by atoms with van der Waals surface area (Å²) < 4.78 is 5.36. The van der Waals surface area contributed by atoms with Gasteiger partial charge in [-0.1, -0.05) is 0 Å². The number of carbonyl (C=O) groups excluding carboxylic acids is 2. The fourth-order valence-electron chi connectivity index (χ4n) is 1.33. The van der Waals surface area contributed by atoms with Gasteiger partial charge >= 0.3 is 0 Å². The van der Waals surface area contributed by atoms with Gasteiger partial charge in [0.15, 0.2) is 0 Å². The summed E-state index contributed by atoms with van der Waals surface area (Å²) in [4.78, 5) is 21.7. The number of amides is 2. The third kappa shape index (κ3) is 3.86. The van der Waals surface area contributed by atoms with Crippen molar-refractivity contribution in [1.82, 2.24) is 20.8 Å². The quantitative estimate of drug-likeness (QED) is 0.797. The van der Waals surface area contributed by atoms with E-state index in [1.807, 2.05) is 0 Å². The van der Waals surface area contributed by atoms with Crippen LogP contribution in [0.4, 0.5) is 0 Å². The molecule has 0 radical (unpaired) electrons. The van der Waals surface area contributed by atoms with E-state index in [9.17, 15) is 9.59 Å². The lowest BCUT2D eigenvalue weighted by Crippen LogP contribution is -2.24. The van der Waals surface area contributed by atoms with Crippen LogP contribution in [-0.4, -0.2) is 22.0 Å². The average molecular weight is 240 g/mol. The summed E-state index contributed by atoms with van der Waals surface area (Å²) in [5.74, 6) is 0.277. The first kappa shape index (κ1) is 13.1. The third-order valence-corrected chi connectivity index (χ3v) is 2.04. The van der Waals surface area contributed by atoms with Crippen LogP contribution in [0.1, 0.15) is 51.6 Å². The van der Waals surface area contributed by atoms with Crippen LogP contribution in [0.2, 0.25) is 0 Å². The van der Waals surface area contributed by atoms with Crippen molar-refractivity contribution in [2.75, 3.05) is 0 Å². The molecule has 0 aliphatic carbocycles. The van der Waals surface area contributed by atoms with Gasteiger partial charge in [0, 0.05) is 13.8 Å². The van der Waals surface area contributed by atoms with Gasteiger partial charge in [-0.2, -0.15) is 0 Å². The highest BCUT2D eigenvalue weighted by atomic mass is 16.4. The molecule has 0 bridgehead atoms. The Morgan fingerprint density at radius 2 is 1.35 bits per heavy atom. The van der Waals surface area contributed by atoms with Crippen molar-refractivity contribution in [3.63, 3.8) is 0 Å². The summed E-state index contributed by atoms with van der Waals surface area (Å²) in [7, 11) is 0. The second-order valence-corrected chi connectivity index (χ2v) is 3.82. The highest BCUT2D eigenvalue weighted by molar-refractivity contribution is 5.73. The Bertz CT molecular complexity index is 379. The number of rotatable bonds is 4.